The maximum Gasteiger partial charge on any atom is 0.257 e. The van der Waals surface area contributed by atoms with Gasteiger partial charge in [-0.2, -0.15) is 0 Å². The molecule has 1 aliphatic rings. The molecule has 0 aliphatic carbocycles. The number of carbonyl (C=O) groups is 1. The summed E-state index contributed by atoms with van der Waals surface area (Å²) < 4.78 is 18.1. The first-order valence-corrected chi connectivity index (χ1v) is 11.5. The van der Waals surface area contributed by atoms with Crippen LogP contribution >= 0.6 is 0 Å². The topological polar surface area (TPSA) is 117 Å². The monoisotopic (exact) mass is 476 g/mol. The van der Waals surface area contributed by atoms with Crippen LogP contribution in [0, 0.1) is 0 Å². The molecule has 0 saturated carbocycles. The van der Waals surface area contributed by atoms with E-state index in [1.807, 2.05) is 30.3 Å². The maximum absolute atomic E-state index is 13.4. The Morgan fingerprint density at radius 2 is 1.83 bits per heavy atom. The van der Waals surface area contributed by atoms with E-state index < -0.39 is 0 Å². The van der Waals surface area contributed by atoms with E-state index in [1.165, 1.54) is 0 Å². The summed E-state index contributed by atoms with van der Waals surface area (Å²) >= 11 is 0. The molecule has 0 unspecified atom stereocenters. The van der Waals surface area contributed by atoms with Gasteiger partial charge in [0, 0.05) is 32.2 Å². The molecule has 2 aromatic heterocycles. The van der Waals surface area contributed by atoms with Gasteiger partial charge in [0.2, 0.25) is 0 Å². The second-order valence-electron chi connectivity index (χ2n) is 8.23. The van der Waals surface area contributed by atoms with Gasteiger partial charge >= 0.3 is 0 Å². The summed E-state index contributed by atoms with van der Waals surface area (Å²) in [4.78, 5) is 25.2. The molecule has 0 spiro atoms. The zero-order valence-electron chi connectivity index (χ0n) is 19.8. The van der Waals surface area contributed by atoms with E-state index in [1.54, 1.807) is 30.9 Å². The minimum atomic E-state index is -0.295. The minimum Gasteiger partial charge on any atom is -0.497 e. The number of fused-ring (bicyclic) bond motifs is 2. The molecular formula is C25H28N6O4. The van der Waals surface area contributed by atoms with Crippen LogP contribution in [0.15, 0.2) is 42.5 Å². The summed E-state index contributed by atoms with van der Waals surface area (Å²) in [5.74, 6) is 1.11. The van der Waals surface area contributed by atoms with Crippen molar-refractivity contribution in [2.24, 2.45) is 0 Å². The standard InChI is InChI=1S/C25H28N6O4/c1-33-16-7-8-19(20(15-16)34-2)31-23(26)21(25(32)27-9-10-30-11-13-35-14-12-30)22-24(31)29-18-6-4-3-5-17(18)28-22/h3-8,15H,9-14,26H2,1-2H3,(H,27,32). The zero-order valence-corrected chi connectivity index (χ0v) is 19.8. The zero-order chi connectivity index (χ0) is 24.4. The Kier molecular flexibility index (Phi) is 6.39. The lowest BCUT2D eigenvalue weighted by atomic mass is 10.2. The summed E-state index contributed by atoms with van der Waals surface area (Å²) in [6.07, 6.45) is 0. The number of carbonyl (C=O) groups excluding carboxylic acids is 1. The lowest BCUT2D eigenvalue weighted by molar-refractivity contribution is 0.0383. The van der Waals surface area contributed by atoms with Crippen molar-refractivity contribution in [2.45, 2.75) is 0 Å². The molecule has 1 amide bonds. The van der Waals surface area contributed by atoms with Crippen molar-refractivity contribution in [2.75, 3.05) is 59.3 Å². The Morgan fingerprint density at radius 1 is 1.09 bits per heavy atom. The molecule has 2 aromatic carbocycles. The highest BCUT2D eigenvalue weighted by Crippen LogP contribution is 2.36. The third-order valence-corrected chi connectivity index (χ3v) is 6.17. The van der Waals surface area contributed by atoms with E-state index in [0.717, 1.165) is 19.6 Å². The Hall–Kier alpha value is -3.89. The number of nitrogen functional groups attached to an aromatic ring is 1. The maximum atomic E-state index is 13.4. The van der Waals surface area contributed by atoms with Crippen LogP contribution in [0.5, 0.6) is 11.5 Å². The molecule has 1 saturated heterocycles. The molecule has 3 heterocycles. The molecule has 5 rings (SSSR count). The first kappa shape index (κ1) is 22.9. The average Bonchev–Trinajstić information content (AvgIpc) is 3.17. The first-order chi connectivity index (χ1) is 17.1. The molecule has 0 radical (unpaired) electrons. The van der Waals surface area contributed by atoms with Crippen molar-refractivity contribution in [1.29, 1.82) is 0 Å². The van der Waals surface area contributed by atoms with Crippen LogP contribution in [-0.4, -0.2) is 79.0 Å². The normalized spacial score (nSPS) is 14.3. The lowest BCUT2D eigenvalue weighted by Crippen LogP contribution is -2.41. The quantitative estimate of drug-likeness (QED) is 0.417. The van der Waals surface area contributed by atoms with Crippen LogP contribution in [0.1, 0.15) is 10.4 Å². The summed E-state index contributed by atoms with van der Waals surface area (Å²) in [5.41, 5.74) is 9.84. The van der Waals surface area contributed by atoms with Crippen LogP contribution in [0.25, 0.3) is 27.9 Å². The molecule has 1 fully saturated rings. The first-order valence-electron chi connectivity index (χ1n) is 11.5. The van der Waals surface area contributed by atoms with Gasteiger partial charge in [-0.25, -0.2) is 9.97 Å². The van der Waals surface area contributed by atoms with Crippen LogP contribution in [0.2, 0.25) is 0 Å². The molecule has 182 valence electrons. The molecule has 0 bridgehead atoms. The second-order valence-corrected chi connectivity index (χ2v) is 8.23. The summed E-state index contributed by atoms with van der Waals surface area (Å²) in [7, 11) is 3.16. The van der Waals surface area contributed by atoms with Gasteiger partial charge in [-0.3, -0.25) is 14.3 Å². The Bertz CT molecular complexity index is 1380. The predicted octanol–water partition coefficient (Wildman–Crippen LogP) is 2.24. The number of benzene rings is 2. The lowest BCUT2D eigenvalue weighted by Gasteiger charge is -2.26. The number of morpholine rings is 1. The fourth-order valence-corrected chi connectivity index (χ4v) is 4.34. The van der Waals surface area contributed by atoms with Gasteiger partial charge in [0.15, 0.2) is 5.65 Å². The van der Waals surface area contributed by atoms with E-state index in [2.05, 4.69) is 10.2 Å². The summed E-state index contributed by atoms with van der Waals surface area (Å²) in [6.45, 7) is 4.34. The average molecular weight is 477 g/mol. The highest BCUT2D eigenvalue weighted by Gasteiger charge is 2.26. The molecule has 10 nitrogen and oxygen atoms in total. The number of ether oxygens (including phenoxy) is 3. The molecule has 0 atom stereocenters. The molecule has 1 aliphatic heterocycles. The second kappa shape index (κ2) is 9.77. The van der Waals surface area contributed by atoms with Gasteiger partial charge in [-0.15, -0.1) is 0 Å². The van der Waals surface area contributed by atoms with E-state index in [-0.39, 0.29) is 17.3 Å². The third kappa shape index (κ3) is 4.33. The van der Waals surface area contributed by atoms with E-state index in [0.29, 0.717) is 59.1 Å². The fourth-order valence-electron chi connectivity index (χ4n) is 4.34. The highest BCUT2D eigenvalue weighted by molar-refractivity contribution is 6.11. The van der Waals surface area contributed by atoms with E-state index in [4.69, 9.17) is 29.9 Å². The van der Waals surface area contributed by atoms with Crippen LogP contribution in [0.3, 0.4) is 0 Å². The van der Waals surface area contributed by atoms with Crippen LogP contribution in [0.4, 0.5) is 5.82 Å². The molecule has 4 aromatic rings. The number of anilines is 1. The van der Waals surface area contributed by atoms with Crippen molar-refractivity contribution in [3.8, 4) is 17.2 Å². The number of aromatic nitrogens is 3. The van der Waals surface area contributed by atoms with Crippen molar-refractivity contribution in [3.63, 3.8) is 0 Å². The minimum absolute atomic E-state index is 0.239. The number of hydrogen-bond acceptors (Lipinski definition) is 8. The Balaban J connectivity index is 1.59. The number of nitrogens with one attached hydrogen (secondary N) is 1. The number of rotatable bonds is 7. The summed E-state index contributed by atoms with van der Waals surface area (Å²) in [6, 6.07) is 12.9. The smallest absolute Gasteiger partial charge is 0.257 e. The van der Waals surface area contributed by atoms with E-state index >= 15 is 0 Å². The van der Waals surface area contributed by atoms with Gasteiger partial charge in [-0.1, -0.05) is 12.1 Å². The summed E-state index contributed by atoms with van der Waals surface area (Å²) in [5, 5.41) is 3.01. The third-order valence-electron chi connectivity index (χ3n) is 6.17. The van der Waals surface area contributed by atoms with Gasteiger partial charge in [0.05, 0.1) is 44.2 Å². The van der Waals surface area contributed by atoms with Crippen molar-refractivity contribution >= 4 is 33.9 Å². The van der Waals surface area contributed by atoms with Gasteiger partial charge in [0.1, 0.15) is 28.4 Å². The van der Waals surface area contributed by atoms with Crippen LogP contribution < -0.4 is 20.5 Å². The van der Waals surface area contributed by atoms with Gasteiger partial charge in [0.25, 0.3) is 5.91 Å². The van der Waals surface area contributed by atoms with Gasteiger partial charge in [-0.05, 0) is 24.3 Å². The SMILES string of the molecule is COc1ccc(-n2c(N)c(C(=O)NCCN3CCOCC3)c3nc4ccccc4nc32)c(OC)c1. The van der Waals surface area contributed by atoms with Crippen molar-refractivity contribution < 1.29 is 19.0 Å². The molecule has 10 heteroatoms. The number of hydrogen-bond donors (Lipinski definition) is 2. The number of amides is 1. The molecule has 35 heavy (non-hydrogen) atoms. The molecular weight excluding hydrogens is 448 g/mol. The van der Waals surface area contributed by atoms with Crippen LogP contribution in [-0.2, 0) is 4.74 Å². The largest absolute Gasteiger partial charge is 0.497 e. The number of nitrogens with two attached hydrogens (primary N) is 1. The van der Waals surface area contributed by atoms with Crippen molar-refractivity contribution in [3.05, 3.63) is 48.0 Å². The number of nitrogens with zero attached hydrogens (tertiary/aromatic N) is 4. The van der Waals surface area contributed by atoms with Crippen molar-refractivity contribution in [1.82, 2.24) is 24.8 Å². The van der Waals surface area contributed by atoms with E-state index in [9.17, 15) is 4.79 Å². The van der Waals surface area contributed by atoms with Gasteiger partial charge < -0.3 is 25.3 Å². The highest BCUT2D eigenvalue weighted by atomic mass is 16.5. The fraction of sp³-hybridized carbons (Fsp3) is 0.320. The number of para-hydroxylation sites is 2. The Labute approximate surface area is 202 Å². The number of methoxy groups -OCH3 is 2. The predicted molar refractivity (Wildman–Crippen MR) is 133 cm³/mol. The molecule has 3 N–H and O–H groups in total. The Morgan fingerprint density at radius 3 is 2.54 bits per heavy atom.